The van der Waals surface area contributed by atoms with Crippen molar-refractivity contribution >= 4 is 5.69 Å². The van der Waals surface area contributed by atoms with Gasteiger partial charge in [-0.15, -0.1) is 0 Å². The lowest BCUT2D eigenvalue weighted by molar-refractivity contribution is 0.180. The van der Waals surface area contributed by atoms with Crippen LogP contribution < -0.4 is 10.6 Å². The highest BCUT2D eigenvalue weighted by Crippen LogP contribution is 2.29. The van der Waals surface area contributed by atoms with Crippen molar-refractivity contribution in [2.45, 2.75) is 45.1 Å². The summed E-state index contributed by atoms with van der Waals surface area (Å²) in [6.07, 6.45) is 3.93. The van der Waals surface area contributed by atoms with E-state index in [1.54, 1.807) is 0 Å². The summed E-state index contributed by atoms with van der Waals surface area (Å²) in [5.41, 5.74) is 8.61. The van der Waals surface area contributed by atoms with E-state index < -0.39 is 5.54 Å². The number of nitrogens with zero attached hydrogens (tertiary/aromatic N) is 1. The maximum Gasteiger partial charge on any atom is 0.0611 e. The summed E-state index contributed by atoms with van der Waals surface area (Å²) in [7, 11) is 0. The molecular formula is C17H28N2O. The zero-order valence-corrected chi connectivity index (χ0v) is 12.8. The molecule has 2 atom stereocenters. The van der Waals surface area contributed by atoms with Crippen molar-refractivity contribution in [3.05, 3.63) is 29.8 Å². The van der Waals surface area contributed by atoms with Gasteiger partial charge >= 0.3 is 0 Å². The van der Waals surface area contributed by atoms with Crippen LogP contribution in [0.4, 0.5) is 5.69 Å². The fourth-order valence-electron chi connectivity index (χ4n) is 3.11. The van der Waals surface area contributed by atoms with Gasteiger partial charge in [-0.1, -0.05) is 32.0 Å². The van der Waals surface area contributed by atoms with Crippen molar-refractivity contribution in [3.63, 3.8) is 0 Å². The first-order chi connectivity index (χ1) is 9.58. The molecule has 0 fully saturated rings. The van der Waals surface area contributed by atoms with Gasteiger partial charge in [0, 0.05) is 24.3 Å². The summed E-state index contributed by atoms with van der Waals surface area (Å²) in [5.74, 6) is 0.705. The number of nitrogens with two attached hydrogens (primary N) is 1. The summed E-state index contributed by atoms with van der Waals surface area (Å²) in [6.45, 7) is 6.60. The second-order valence-corrected chi connectivity index (χ2v) is 6.36. The van der Waals surface area contributed by atoms with Crippen molar-refractivity contribution in [3.8, 4) is 0 Å². The molecule has 1 aromatic rings. The van der Waals surface area contributed by atoms with Gasteiger partial charge < -0.3 is 15.7 Å². The lowest BCUT2D eigenvalue weighted by Crippen LogP contribution is -2.44. The summed E-state index contributed by atoms with van der Waals surface area (Å²) in [4.78, 5) is 2.48. The molecule has 0 amide bonds. The van der Waals surface area contributed by atoms with Gasteiger partial charge in [-0.25, -0.2) is 0 Å². The fourth-order valence-corrected chi connectivity index (χ4v) is 3.11. The van der Waals surface area contributed by atoms with Gasteiger partial charge in [0.2, 0.25) is 0 Å². The molecule has 1 aliphatic heterocycles. The zero-order chi connectivity index (χ0) is 14.6. The quantitative estimate of drug-likeness (QED) is 0.839. The molecule has 0 aliphatic carbocycles. The van der Waals surface area contributed by atoms with Gasteiger partial charge in [0.15, 0.2) is 0 Å². The van der Waals surface area contributed by atoms with E-state index in [-0.39, 0.29) is 6.61 Å². The molecule has 0 radical (unpaired) electrons. The van der Waals surface area contributed by atoms with Gasteiger partial charge in [-0.05, 0) is 43.2 Å². The summed E-state index contributed by atoms with van der Waals surface area (Å²) < 4.78 is 0. The van der Waals surface area contributed by atoms with Crippen LogP contribution in [0.15, 0.2) is 24.3 Å². The number of aliphatic hydroxyl groups is 1. The molecular weight excluding hydrogens is 248 g/mol. The molecule has 0 saturated carbocycles. The summed E-state index contributed by atoms with van der Waals surface area (Å²) in [5, 5.41) is 9.38. The van der Waals surface area contributed by atoms with Crippen molar-refractivity contribution in [1.29, 1.82) is 0 Å². The largest absolute Gasteiger partial charge is 0.394 e. The SMILES string of the molecule is CCC(N)(CO)CCCN1CC(C)Cc2ccccc21. The molecule has 1 heterocycles. The minimum atomic E-state index is -0.402. The van der Waals surface area contributed by atoms with E-state index in [4.69, 9.17) is 5.73 Å². The second kappa shape index (κ2) is 6.59. The predicted molar refractivity (Wildman–Crippen MR) is 85.1 cm³/mol. The van der Waals surface area contributed by atoms with Crippen LogP contribution in [0.25, 0.3) is 0 Å². The Labute approximate surface area is 122 Å². The van der Waals surface area contributed by atoms with E-state index in [1.165, 1.54) is 17.7 Å². The van der Waals surface area contributed by atoms with Crippen molar-refractivity contribution in [2.75, 3.05) is 24.6 Å². The Hall–Kier alpha value is -1.06. The Morgan fingerprint density at radius 1 is 1.40 bits per heavy atom. The van der Waals surface area contributed by atoms with Crippen molar-refractivity contribution < 1.29 is 5.11 Å². The second-order valence-electron chi connectivity index (χ2n) is 6.36. The molecule has 1 aromatic carbocycles. The highest BCUT2D eigenvalue weighted by molar-refractivity contribution is 5.55. The Balaban J connectivity index is 1.97. The highest BCUT2D eigenvalue weighted by atomic mass is 16.3. The monoisotopic (exact) mass is 276 g/mol. The number of para-hydroxylation sites is 1. The minimum Gasteiger partial charge on any atom is -0.394 e. The Bertz CT molecular complexity index is 429. The number of benzene rings is 1. The van der Waals surface area contributed by atoms with E-state index in [1.807, 2.05) is 0 Å². The summed E-state index contributed by atoms with van der Waals surface area (Å²) in [6, 6.07) is 8.71. The summed E-state index contributed by atoms with van der Waals surface area (Å²) >= 11 is 0. The van der Waals surface area contributed by atoms with Crippen LogP contribution in [0, 0.1) is 5.92 Å². The first kappa shape index (κ1) is 15.3. The molecule has 0 aromatic heterocycles. The van der Waals surface area contributed by atoms with Gasteiger partial charge in [-0.3, -0.25) is 0 Å². The Kier molecular flexibility index (Phi) is 5.06. The fraction of sp³-hybridized carbons (Fsp3) is 0.647. The van der Waals surface area contributed by atoms with Crippen LogP contribution in [-0.2, 0) is 6.42 Å². The number of hydrogen-bond acceptors (Lipinski definition) is 3. The molecule has 2 rings (SSSR count). The molecule has 112 valence electrons. The molecule has 0 bridgehead atoms. The smallest absolute Gasteiger partial charge is 0.0611 e. The van der Waals surface area contributed by atoms with Crippen molar-refractivity contribution in [1.82, 2.24) is 0 Å². The molecule has 3 heteroatoms. The number of fused-ring (bicyclic) bond motifs is 1. The molecule has 3 nitrogen and oxygen atoms in total. The van der Waals surface area contributed by atoms with Crippen molar-refractivity contribution in [2.24, 2.45) is 11.7 Å². The van der Waals surface area contributed by atoms with Crippen LogP contribution in [-0.4, -0.2) is 30.3 Å². The molecule has 20 heavy (non-hydrogen) atoms. The van der Waals surface area contributed by atoms with E-state index in [0.29, 0.717) is 5.92 Å². The van der Waals surface area contributed by atoms with Gasteiger partial charge in [0.25, 0.3) is 0 Å². The first-order valence-corrected chi connectivity index (χ1v) is 7.80. The van der Waals surface area contributed by atoms with Gasteiger partial charge in [-0.2, -0.15) is 0 Å². The maximum absolute atomic E-state index is 9.38. The number of aliphatic hydroxyl groups excluding tert-OH is 1. The van der Waals surface area contributed by atoms with E-state index in [9.17, 15) is 5.11 Å². The minimum absolute atomic E-state index is 0.0799. The standard InChI is InChI=1S/C17H28N2O/c1-3-17(18,13-20)9-6-10-19-12-14(2)11-15-7-4-5-8-16(15)19/h4-5,7-8,14,20H,3,6,9-13,18H2,1-2H3. The molecule has 2 unspecified atom stereocenters. The number of rotatable bonds is 6. The third-order valence-corrected chi connectivity index (χ3v) is 4.55. The molecule has 0 spiro atoms. The third-order valence-electron chi connectivity index (χ3n) is 4.55. The van der Waals surface area contributed by atoms with Crippen LogP contribution in [0.5, 0.6) is 0 Å². The zero-order valence-electron chi connectivity index (χ0n) is 12.8. The van der Waals surface area contributed by atoms with E-state index in [2.05, 4.69) is 43.0 Å². The Morgan fingerprint density at radius 2 is 2.15 bits per heavy atom. The Morgan fingerprint density at radius 3 is 2.85 bits per heavy atom. The topological polar surface area (TPSA) is 49.5 Å². The van der Waals surface area contributed by atoms with Crippen LogP contribution in [0.2, 0.25) is 0 Å². The van der Waals surface area contributed by atoms with Gasteiger partial charge in [0.05, 0.1) is 6.61 Å². The first-order valence-electron chi connectivity index (χ1n) is 7.80. The van der Waals surface area contributed by atoms with Gasteiger partial charge in [0.1, 0.15) is 0 Å². The third kappa shape index (κ3) is 3.53. The predicted octanol–water partition coefficient (Wildman–Crippen LogP) is 2.57. The number of hydrogen-bond donors (Lipinski definition) is 2. The average molecular weight is 276 g/mol. The van der Waals surface area contributed by atoms with Crippen LogP contribution >= 0.6 is 0 Å². The molecule has 0 saturated heterocycles. The lowest BCUT2D eigenvalue weighted by Gasteiger charge is -2.36. The molecule has 3 N–H and O–H groups in total. The van der Waals surface area contributed by atoms with E-state index >= 15 is 0 Å². The van der Waals surface area contributed by atoms with Crippen LogP contribution in [0.1, 0.15) is 38.7 Å². The maximum atomic E-state index is 9.38. The lowest BCUT2D eigenvalue weighted by atomic mass is 9.91. The normalized spacial score (nSPS) is 21.4. The highest BCUT2D eigenvalue weighted by Gasteiger charge is 2.24. The average Bonchev–Trinajstić information content (AvgIpc) is 2.46. The number of anilines is 1. The molecule has 1 aliphatic rings. The van der Waals surface area contributed by atoms with Crippen LogP contribution in [0.3, 0.4) is 0 Å². The van der Waals surface area contributed by atoms with E-state index in [0.717, 1.165) is 32.4 Å².